The highest BCUT2D eigenvalue weighted by Crippen LogP contribution is 2.20. The molecule has 0 radical (unpaired) electrons. The molecule has 102 valence electrons. The number of hydrogen-bond donors (Lipinski definition) is 1. The van der Waals surface area contributed by atoms with E-state index in [-0.39, 0.29) is 6.03 Å². The molecule has 0 saturated carbocycles. The fraction of sp³-hybridized carbons (Fsp3) is 0.385. The van der Waals surface area contributed by atoms with Crippen molar-refractivity contribution in [2.75, 3.05) is 13.1 Å². The van der Waals surface area contributed by atoms with Crippen molar-refractivity contribution >= 4 is 33.1 Å². The molecule has 5 nitrogen and oxygen atoms in total. The van der Waals surface area contributed by atoms with E-state index >= 15 is 0 Å². The molecule has 1 N–H and O–H groups in total. The molecule has 19 heavy (non-hydrogen) atoms. The molecule has 0 saturated heterocycles. The van der Waals surface area contributed by atoms with E-state index < -0.39 is 0 Å². The van der Waals surface area contributed by atoms with Crippen LogP contribution in [0.25, 0.3) is 11.1 Å². The summed E-state index contributed by atoms with van der Waals surface area (Å²) in [6, 6.07) is 5.54. The first-order chi connectivity index (χ1) is 9.13. The second kappa shape index (κ2) is 6.06. The van der Waals surface area contributed by atoms with Gasteiger partial charge >= 0.3 is 6.03 Å². The third-order valence-electron chi connectivity index (χ3n) is 2.84. The Kier molecular flexibility index (Phi) is 4.42. The van der Waals surface area contributed by atoms with Gasteiger partial charge < -0.3 is 14.6 Å². The normalized spacial score (nSPS) is 10.7. The largest absolute Gasteiger partial charge is 0.439 e. The number of halogens is 1. The van der Waals surface area contributed by atoms with Crippen molar-refractivity contribution < 1.29 is 9.21 Å². The van der Waals surface area contributed by atoms with Gasteiger partial charge in [0.2, 0.25) is 5.89 Å². The van der Waals surface area contributed by atoms with Crippen molar-refractivity contribution in [3.63, 3.8) is 0 Å². The lowest BCUT2D eigenvalue weighted by atomic mass is 10.3. The molecule has 2 amide bonds. The number of nitrogens with one attached hydrogen (secondary N) is 1. The molecule has 2 rings (SSSR count). The van der Waals surface area contributed by atoms with Gasteiger partial charge in [0.1, 0.15) is 5.52 Å². The summed E-state index contributed by atoms with van der Waals surface area (Å²) >= 11 is 3.38. The molecule has 0 atom stereocenters. The Morgan fingerprint density at radius 1 is 1.42 bits per heavy atom. The van der Waals surface area contributed by atoms with E-state index in [1.54, 1.807) is 4.90 Å². The van der Waals surface area contributed by atoms with Crippen LogP contribution in [-0.4, -0.2) is 29.0 Å². The molecule has 0 unspecified atom stereocenters. The van der Waals surface area contributed by atoms with Crippen LogP contribution in [0.2, 0.25) is 0 Å². The summed E-state index contributed by atoms with van der Waals surface area (Å²) in [6.45, 7) is 5.55. The van der Waals surface area contributed by atoms with Crippen LogP contribution in [0.1, 0.15) is 19.7 Å². The Bertz CT molecular complexity index is 578. The van der Waals surface area contributed by atoms with Crippen LogP contribution in [-0.2, 0) is 6.54 Å². The predicted octanol–water partition coefficient (Wildman–Crippen LogP) is 3.14. The zero-order chi connectivity index (χ0) is 13.8. The Labute approximate surface area is 120 Å². The number of oxazole rings is 1. The summed E-state index contributed by atoms with van der Waals surface area (Å²) in [4.78, 5) is 17.8. The van der Waals surface area contributed by atoms with Crippen molar-refractivity contribution in [1.29, 1.82) is 0 Å². The number of urea groups is 1. The highest BCUT2D eigenvalue weighted by Gasteiger charge is 2.11. The molecule has 0 bridgehead atoms. The Morgan fingerprint density at radius 3 is 2.84 bits per heavy atom. The number of benzene rings is 1. The molecule has 0 aliphatic heterocycles. The van der Waals surface area contributed by atoms with Gasteiger partial charge in [0.25, 0.3) is 0 Å². The molecular weight excluding hydrogens is 310 g/mol. The number of aromatic nitrogens is 1. The number of carbonyl (C=O) groups is 1. The number of amides is 2. The Morgan fingerprint density at radius 2 is 2.16 bits per heavy atom. The lowest BCUT2D eigenvalue weighted by molar-refractivity contribution is 0.201. The molecule has 1 aromatic heterocycles. The van der Waals surface area contributed by atoms with E-state index in [2.05, 4.69) is 26.2 Å². The topological polar surface area (TPSA) is 58.4 Å². The predicted molar refractivity (Wildman–Crippen MR) is 76.9 cm³/mol. The molecule has 0 aliphatic carbocycles. The average molecular weight is 326 g/mol. The van der Waals surface area contributed by atoms with Gasteiger partial charge in [0.15, 0.2) is 5.58 Å². The standard InChI is InChI=1S/C13H16BrN3O2/c1-3-17(4-2)13(18)15-8-12-16-10-6-5-9(14)7-11(10)19-12/h5-7H,3-4,8H2,1-2H3,(H,15,18). The van der Waals surface area contributed by atoms with Gasteiger partial charge in [-0.1, -0.05) is 15.9 Å². The molecule has 0 aliphatic rings. The van der Waals surface area contributed by atoms with Crippen molar-refractivity contribution in [2.45, 2.75) is 20.4 Å². The summed E-state index contributed by atoms with van der Waals surface area (Å²) in [6.07, 6.45) is 0. The van der Waals surface area contributed by atoms with Crippen molar-refractivity contribution in [2.24, 2.45) is 0 Å². The SMILES string of the molecule is CCN(CC)C(=O)NCc1nc2ccc(Br)cc2o1. The third-order valence-corrected chi connectivity index (χ3v) is 3.33. The van der Waals surface area contributed by atoms with E-state index in [4.69, 9.17) is 4.42 Å². The zero-order valence-electron chi connectivity index (χ0n) is 10.9. The van der Waals surface area contributed by atoms with Crippen LogP contribution in [0.4, 0.5) is 4.79 Å². The van der Waals surface area contributed by atoms with Gasteiger partial charge in [-0.3, -0.25) is 0 Å². The summed E-state index contributed by atoms with van der Waals surface area (Å²) in [5.74, 6) is 0.508. The second-order valence-electron chi connectivity index (χ2n) is 4.05. The molecular formula is C13H16BrN3O2. The molecule has 0 spiro atoms. The molecule has 0 fully saturated rings. The minimum Gasteiger partial charge on any atom is -0.439 e. The highest BCUT2D eigenvalue weighted by molar-refractivity contribution is 9.10. The third kappa shape index (κ3) is 3.26. The fourth-order valence-corrected chi connectivity index (χ4v) is 2.14. The van der Waals surface area contributed by atoms with Gasteiger partial charge in [-0.25, -0.2) is 9.78 Å². The molecule has 6 heteroatoms. The first-order valence-corrected chi connectivity index (χ1v) is 7.01. The first kappa shape index (κ1) is 13.9. The van der Waals surface area contributed by atoms with Crippen LogP contribution >= 0.6 is 15.9 Å². The van der Waals surface area contributed by atoms with Gasteiger partial charge in [-0.15, -0.1) is 0 Å². The van der Waals surface area contributed by atoms with Crippen LogP contribution in [0.15, 0.2) is 27.1 Å². The van der Waals surface area contributed by atoms with Crippen molar-refractivity contribution in [3.8, 4) is 0 Å². The minimum atomic E-state index is -0.103. The number of fused-ring (bicyclic) bond motifs is 1. The monoisotopic (exact) mass is 325 g/mol. The summed E-state index contributed by atoms with van der Waals surface area (Å²) < 4.78 is 6.51. The summed E-state index contributed by atoms with van der Waals surface area (Å²) in [7, 11) is 0. The van der Waals surface area contributed by atoms with Crippen LogP contribution in [0.5, 0.6) is 0 Å². The average Bonchev–Trinajstić information content (AvgIpc) is 2.79. The van der Waals surface area contributed by atoms with E-state index in [0.29, 0.717) is 31.1 Å². The van der Waals surface area contributed by atoms with Gasteiger partial charge in [0, 0.05) is 17.6 Å². The van der Waals surface area contributed by atoms with Crippen molar-refractivity contribution in [1.82, 2.24) is 15.2 Å². The second-order valence-corrected chi connectivity index (χ2v) is 4.97. The highest BCUT2D eigenvalue weighted by atomic mass is 79.9. The maximum Gasteiger partial charge on any atom is 0.317 e. The van der Waals surface area contributed by atoms with E-state index in [1.807, 2.05) is 32.0 Å². The minimum absolute atomic E-state index is 0.103. The lowest BCUT2D eigenvalue weighted by Gasteiger charge is -2.18. The van der Waals surface area contributed by atoms with E-state index in [1.165, 1.54) is 0 Å². The zero-order valence-corrected chi connectivity index (χ0v) is 12.5. The molecule has 1 heterocycles. The van der Waals surface area contributed by atoms with Crippen molar-refractivity contribution in [3.05, 3.63) is 28.6 Å². The smallest absolute Gasteiger partial charge is 0.317 e. The lowest BCUT2D eigenvalue weighted by Crippen LogP contribution is -2.39. The quantitative estimate of drug-likeness (QED) is 0.939. The van der Waals surface area contributed by atoms with Gasteiger partial charge in [0.05, 0.1) is 6.54 Å². The van der Waals surface area contributed by atoms with Gasteiger partial charge in [-0.2, -0.15) is 0 Å². The number of nitrogens with zero attached hydrogens (tertiary/aromatic N) is 2. The maximum atomic E-state index is 11.8. The van der Waals surface area contributed by atoms with Crippen LogP contribution in [0, 0.1) is 0 Å². The molecule has 2 aromatic rings. The number of carbonyl (C=O) groups excluding carboxylic acids is 1. The van der Waals surface area contributed by atoms with Gasteiger partial charge in [-0.05, 0) is 32.0 Å². The van der Waals surface area contributed by atoms with E-state index in [0.717, 1.165) is 9.99 Å². The molecule has 1 aromatic carbocycles. The fourth-order valence-electron chi connectivity index (χ4n) is 1.80. The van der Waals surface area contributed by atoms with Crippen LogP contribution < -0.4 is 5.32 Å². The summed E-state index contributed by atoms with van der Waals surface area (Å²) in [5, 5.41) is 2.80. The van der Waals surface area contributed by atoms with Crippen LogP contribution in [0.3, 0.4) is 0 Å². The van der Waals surface area contributed by atoms with E-state index in [9.17, 15) is 4.79 Å². The Balaban J connectivity index is 2.03. The number of hydrogen-bond acceptors (Lipinski definition) is 3. The summed E-state index contributed by atoms with van der Waals surface area (Å²) in [5.41, 5.74) is 1.50. The maximum absolute atomic E-state index is 11.8. The Hall–Kier alpha value is -1.56. The number of rotatable bonds is 4. The first-order valence-electron chi connectivity index (χ1n) is 6.21.